The third kappa shape index (κ3) is 6.59. The SMILES string of the molecule is CC(C)(C)OC(=O)N[C@H]1CCCN(CC(=O)N[C@H]2CCCC(C(=N)N)C2O)C1=O. The Labute approximate surface area is 171 Å². The third-order valence-electron chi connectivity index (χ3n) is 5.16. The number of aliphatic hydroxyl groups excluding tert-OH is 1. The number of hydrogen-bond donors (Lipinski definition) is 5. The van der Waals surface area contributed by atoms with Crippen molar-refractivity contribution in [3.05, 3.63) is 0 Å². The number of amidine groups is 1. The smallest absolute Gasteiger partial charge is 0.408 e. The molecule has 0 aromatic rings. The van der Waals surface area contributed by atoms with Gasteiger partial charge in [0.15, 0.2) is 0 Å². The molecule has 0 bridgehead atoms. The Hall–Kier alpha value is -2.36. The molecule has 10 nitrogen and oxygen atoms in total. The summed E-state index contributed by atoms with van der Waals surface area (Å²) in [5.41, 5.74) is 4.86. The average Bonchev–Trinajstić information content (AvgIpc) is 2.58. The molecule has 1 heterocycles. The number of likely N-dealkylation sites (tertiary alicyclic amines) is 1. The minimum atomic E-state index is -0.913. The molecule has 2 fully saturated rings. The summed E-state index contributed by atoms with van der Waals surface area (Å²) in [5.74, 6) is -1.26. The molecule has 6 N–H and O–H groups in total. The van der Waals surface area contributed by atoms with Crippen molar-refractivity contribution in [2.24, 2.45) is 11.7 Å². The van der Waals surface area contributed by atoms with Gasteiger partial charge in [0.2, 0.25) is 11.8 Å². The van der Waals surface area contributed by atoms with Gasteiger partial charge in [-0.15, -0.1) is 0 Å². The molecule has 0 aromatic heterocycles. The Bertz CT molecular complexity index is 647. The number of aliphatic hydroxyl groups is 1. The number of amides is 3. The Balaban J connectivity index is 1.88. The first kappa shape index (κ1) is 22.9. The number of carbonyl (C=O) groups is 3. The molecule has 1 saturated heterocycles. The van der Waals surface area contributed by atoms with Gasteiger partial charge in [-0.2, -0.15) is 0 Å². The van der Waals surface area contributed by atoms with Gasteiger partial charge in [-0.1, -0.05) is 6.42 Å². The number of carbonyl (C=O) groups excluding carboxylic acids is 3. The van der Waals surface area contributed by atoms with Crippen LogP contribution in [0.25, 0.3) is 0 Å². The van der Waals surface area contributed by atoms with Gasteiger partial charge in [-0.3, -0.25) is 15.0 Å². The second-order valence-electron chi connectivity index (χ2n) is 8.76. The normalized spacial score (nSPS) is 27.9. The Kier molecular flexibility index (Phi) is 7.45. The standard InChI is InChI=1S/C19H33N5O5/c1-19(2,3)29-18(28)23-13-8-5-9-24(17(13)27)10-14(25)22-12-7-4-6-11(15(12)26)16(20)21/h11-13,15,26H,4-10H2,1-3H3,(H3,20,21)(H,22,25)(H,23,28)/t11?,12-,13-,15?/m0/s1. The van der Waals surface area contributed by atoms with Crippen LogP contribution in [0.3, 0.4) is 0 Å². The van der Waals surface area contributed by atoms with Gasteiger partial charge in [0.05, 0.1) is 24.5 Å². The highest BCUT2D eigenvalue weighted by Crippen LogP contribution is 2.25. The highest BCUT2D eigenvalue weighted by Gasteiger charge is 2.36. The quantitative estimate of drug-likeness (QED) is 0.318. The van der Waals surface area contributed by atoms with Crippen LogP contribution in [-0.4, -0.2) is 70.6 Å². The molecule has 2 unspecified atom stereocenters. The van der Waals surface area contributed by atoms with Gasteiger partial charge >= 0.3 is 6.09 Å². The lowest BCUT2D eigenvalue weighted by Crippen LogP contribution is -2.57. The lowest BCUT2D eigenvalue weighted by atomic mass is 9.82. The van der Waals surface area contributed by atoms with E-state index in [4.69, 9.17) is 15.9 Å². The van der Waals surface area contributed by atoms with E-state index in [0.717, 1.165) is 6.42 Å². The molecule has 4 atom stereocenters. The first-order valence-electron chi connectivity index (χ1n) is 10.1. The van der Waals surface area contributed by atoms with Crippen LogP contribution in [0.15, 0.2) is 0 Å². The van der Waals surface area contributed by atoms with Crippen molar-refractivity contribution in [2.75, 3.05) is 13.1 Å². The van der Waals surface area contributed by atoms with E-state index < -0.39 is 35.8 Å². The van der Waals surface area contributed by atoms with Crippen LogP contribution in [0.1, 0.15) is 52.9 Å². The molecule has 0 spiro atoms. The van der Waals surface area contributed by atoms with E-state index in [-0.39, 0.29) is 24.2 Å². The van der Waals surface area contributed by atoms with Crippen molar-refractivity contribution in [1.29, 1.82) is 5.41 Å². The summed E-state index contributed by atoms with van der Waals surface area (Å²) in [6, 6.07) is -1.23. The van der Waals surface area contributed by atoms with Gasteiger partial charge in [0, 0.05) is 12.5 Å². The fourth-order valence-electron chi connectivity index (χ4n) is 3.78. The highest BCUT2D eigenvalue weighted by molar-refractivity contribution is 5.90. The van der Waals surface area contributed by atoms with Crippen LogP contribution in [0, 0.1) is 11.3 Å². The molecule has 1 aliphatic carbocycles. The number of nitrogens with zero attached hydrogens (tertiary/aromatic N) is 1. The highest BCUT2D eigenvalue weighted by atomic mass is 16.6. The fraction of sp³-hybridized carbons (Fsp3) is 0.789. The summed E-state index contributed by atoms with van der Waals surface area (Å²) in [5, 5.41) is 23.3. The molecule has 2 aliphatic rings. The summed E-state index contributed by atoms with van der Waals surface area (Å²) in [7, 11) is 0. The number of alkyl carbamates (subject to hydrolysis) is 1. The lowest BCUT2D eigenvalue weighted by molar-refractivity contribution is -0.140. The van der Waals surface area contributed by atoms with Crippen molar-refractivity contribution in [2.45, 2.75) is 76.7 Å². The minimum absolute atomic E-state index is 0.0845. The molecule has 2 rings (SSSR count). The van der Waals surface area contributed by atoms with E-state index >= 15 is 0 Å². The number of nitrogens with one attached hydrogen (secondary N) is 3. The maximum atomic E-state index is 12.6. The maximum Gasteiger partial charge on any atom is 0.408 e. The van der Waals surface area contributed by atoms with E-state index in [1.165, 1.54) is 4.90 Å². The van der Waals surface area contributed by atoms with Crippen LogP contribution in [-0.2, 0) is 14.3 Å². The Morgan fingerprint density at radius 2 is 1.93 bits per heavy atom. The van der Waals surface area contributed by atoms with E-state index in [2.05, 4.69) is 10.6 Å². The molecule has 29 heavy (non-hydrogen) atoms. The van der Waals surface area contributed by atoms with E-state index in [1.807, 2.05) is 0 Å². The van der Waals surface area contributed by atoms with Gasteiger partial charge in [0.1, 0.15) is 11.6 Å². The predicted molar refractivity (Wildman–Crippen MR) is 106 cm³/mol. The van der Waals surface area contributed by atoms with E-state index in [0.29, 0.717) is 32.2 Å². The van der Waals surface area contributed by atoms with Crippen molar-refractivity contribution in [3.8, 4) is 0 Å². The molecule has 0 radical (unpaired) electrons. The molecule has 0 aromatic carbocycles. The van der Waals surface area contributed by atoms with Crippen molar-refractivity contribution < 1.29 is 24.2 Å². The number of hydrogen-bond acceptors (Lipinski definition) is 6. The number of piperidine rings is 1. The minimum Gasteiger partial charge on any atom is -0.444 e. The van der Waals surface area contributed by atoms with Crippen LogP contribution in [0.2, 0.25) is 0 Å². The Morgan fingerprint density at radius 3 is 2.55 bits per heavy atom. The number of ether oxygens (including phenoxy) is 1. The zero-order chi connectivity index (χ0) is 21.8. The Morgan fingerprint density at radius 1 is 1.24 bits per heavy atom. The average molecular weight is 412 g/mol. The summed E-state index contributed by atoms with van der Waals surface area (Å²) in [4.78, 5) is 38.4. The lowest BCUT2D eigenvalue weighted by Gasteiger charge is -2.36. The number of rotatable bonds is 5. The van der Waals surface area contributed by atoms with Gasteiger partial charge in [0.25, 0.3) is 0 Å². The topological polar surface area (TPSA) is 158 Å². The van der Waals surface area contributed by atoms with Crippen LogP contribution < -0.4 is 16.4 Å². The molecular formula is C19H33N5O5. The van der Waals surface area contributed by atoms with E-state index in [9.17, 15) is 19.5 Å². The summed E-state index contributed by atoms with van der Waals surface area (Å²) < 4.78 is 5.19. The molecule has 1 saturated carbocycles. The summed E-state index contributed by atoms with van der Waals surface area (Å²) in [6.07, 6.45) is 1.51. The summed E-state index contributed by atoms with van der Waals surface area (Å²) >= 11 is 0. The first-order valence-corrected chi connectivity index (χ1v) is 10.1. The zero-order valence-electron chi connectivity index (χ0n) is 17.4. The third-order valence-corrected chi connectivity index (χ3v) is 5.16. The van der Waals surface area contributed by atoms with Crippen LogP contribution in [0.5, 0.6) is 0 Å². The first-order chi connectivity index (χ1) is 13.5. The molecule has 3 amide bonds. The maximum absolute atomic E-state index is 12.6. The molecule has 1 aliphatic heterocycles. The monoisotopic (exact) mass is 411 g/mol. The number of nitrogens with two attached hydrogens (primary N) is 1. The molecular weight excluding hydrogens is 378 g/mol. The van der Waals surface area contributed by atoms with Gasteiger partial charge < -0.3 is 31.1 Å². The summed E-state index contributed by atoms with van der Waals surface area (Å²) in [6.45, 7) is 5.48. The zero-order valence-corrected chi connectivity index (χ0v) is 17.4. The van der Waals surface area contributed by atoms with Crippen molar-refractivity contribution >= 4 is 23.7 Å². The van der Waals surface area contributed by atoms with Crippen molar-refractivity contribution in [3.63, 3.8) is 0 Å². The van der Waals surface area contributed by atoms with Crippen molar-refractivity contribution in [1.82, 2.24) is 15.5 Å². The molecule has 10 heteroatoms. The fourth-order valence-corrected chi connectivity index (χ4v) is 3.78. The predicted octanol–water partition coefficient (Wildman–Crippen LogP) is 0.0839. The second-order valence-corrected chi connectivity index (χ2v) is 8.76. The second kappa shape index (κ2) is 9.43. The van der Waals surface area contributed by atoms with Gasteiger partial charge in [-0.05, 0) is 46.5 Å². The van der Waals surface area contributed by atoms with E-state index in [1.54, 1.807) is 20.8 Å². The van der Waals surface area contributed by atoms with Crippen LogP contribution >= 0.6 is 0 Å². The largest absolute Gasteiger partial charge is 0.444 e. The molecule has 164 valence electrons. The van der Waals surface area contributed by atoms with Gasteiger partial charge in [-0.25, -0.2) is 4.79 Å². The van der Waals surface area contributed by atoms with Crippen LogP contribution in [0.4, 0.5) is 4.79 Å².